The fourth-order valence-corrected chi connectivity index (χ4v) is 0.772. The van der Waals surface area contributed by atoms with Gasteiger partial charge in [-0.3, -0.25) is 0 Å². The second-order valence-corrected chi connectivity index (χ2v) is 2.58. The van der Waals surface area contributed by atoms with Gasteiger partial charge in [-0.25, -0.2) is 0 Å². The van der Waals surface area contributed by atoms with Crippen molar-refractivity contribution in [1.29, 1.82) is 0 Å². The average molecular weight is 154 g/mol. The van der Waals surface area contributed by atoms with E-state index in [0.29, 0.717) is 0 Å². The van der Waals surface area contributed by atoms with Crippen molar-refractivity contribution >= 4 is 0 Å². The Balaban J connectivity index is 2.63. The van der Waals surface area contributed by atoms with Crippen LogP contribution in [0.4, 0.5) is 0 Å². The van der Waals surface area contributed by atoms with Gasteiger partial charge in [-0.1, -0.05) is 6.92 Å². The van der Waals surface area contributed by atoms with Crippen molar-refractivity contribution in [3.8, 4) is 0 Å². The largest absolute Gasteiger partial charge is 0.308 e. The molecule has 0 unspecified atom stereocenters. The zero-order valence-corrected chi connectivity index (χ0v) is 7.26. The van der Waals surface area contributed by atoms with Crippen molar-refractivity contribution in [3.63, 3.8) is 0 Å². The number of nitrogens with one attached hydrogen (secondary N) is 1. The summed E-state index contributed by atoms with van der Waals surface area (Å²) in [6, 6.07) is 0. The first-order valence-electron chi connectivity index (χ1n) is 3.88. The summed E-state index contributed by atoms with van der Waals surface area (Å²) in [5.74, 6) is 0. The first-order valence-corrected chi connectivity index (χ1v) is 3.88. The Morgan fingerprint density at radius 1 is 1.45 bits per heavy atom. The zero-order valence-electron chi connectivity index (χ0n) is 7.26. The number of aromatic nitrogens is 3. The van der Waals surface area contributed by atoms with Crippen molar-refractivity contribution in [2.45, 2.75) is 27.2 Å². The molecule has 0 fully saturated rings. The van der Waals surface area contributed by atoms with Crippen LogP contribution in [0, 0.1) is 13.8 Å². The molecular formula is C7H14N4. The minimum absolute atomic E-state index is 0.934. The third-order valence-corrected chi connectivity index (χ3v) is 1.64. The standard InChI is InChI=1S/C7H14N4/c1-4-5-8-11-7(3)6(2)9-10-11/h8H,4-5H2,1-3H3. The van der Waals surface area contributed by atoms with E-state index in [9.17, 15) is 0 Å². The highest BCUT2D eigenvalue weighted by Crippen LogP contribution is 1.97. The Morgan fingerprint density at radius 3 is 2.64 bits per heavy atom. The van der Waals surface area contributed by atoms with Gasteiger partial charge in [0.25, 0.3) is 0 Å². The van der Waals surface area contributed by atoms with Crippen LogP contribution in [0.1, 0.15) is 24.7 Å². The zero-order chi connectivity index (χ0) is 8.27. The van der Waals surface area contributed by atoms with Gasteiger partial charge in [-0.05, 0) is 25.5 Å². The minimum atomic E-state index is 0.934. The summed E-state index contributed by atoms with van der Waals surface area (Å²) in [4.78, 5) is 1.72. The van der Waals surface area contributed by atoms with Crippen LogP contribution in [0.5, 0.6) is 0 Å². The van der Waals surface area contributed by atoms with Gasteiger partial charge in [0.05, 0.1) is 11.4 Å². The van der Waals surface area contributed by atoms with Gasteiger partial charge in [-0.2, -0.15) is 4.79 Å². The van der Waals surface area contributed by atoms with Gasteiger partial charge in [0.1, 0.15) is 0 Å². The van der Waals surface area contributed by atoms with Crippen LogP contribution in [0.25, 0.3) is 0 Å². The molecule has 0 spiro atoms. The minimum Gasteiger partial charge on any atom is -0.308 e. The molecule has 0 aliphatic rings. The molecule has 0 aliphatic carbocycles. The lowest BCUT2D eigenvalue weighted by molar-refractivity contribution is 0.668. The molecule has 0 saturated carbocycles. The molecule has 0 amide bonds. The second kappa shape index (κ2) is 3.37. The maximum Gasteiger partial charge on any atom is 0.0847 e. The number of hydrogen-bond donors (Lipinski definition) is 1. The van der Waals surface area contributed by atoms with Crippen molar-refractivity contribution in [1.82, 2.24) is 15.1 Å². The molecule has 1 aromatic heterocycles. The van der Waals surface area contributed by atoms with Gasteiger partial charge in [0.2, 0.25) is 0 Å². The molecule has 0 atom stereocenters. The summed E-state index contributed by atoms with van der Waals surface area (Å²) in [5, 5.41) is 7.83. The molecule has 11 heavy (non-hydrogen) atoms. The van der Waals surface area contributed by atoms with Crippen molar-refractivity contribution in [3.05, 3.63) is 11.4 Å². The van der Waals surface area contributed by atoms with Gasteiger partial charge in [-0.15, -0.1) is 5.10 Å². The van der Waals surface area contributed by atoms with Crippen LogP contribution in [0.15, 0.2) is 0 Å². The molecule has 0 saturated heterocycles. The highest BCUT2D eigenvalue weighted by molar-refractivity contribution is 5.05. The van der Waals surface area contributed by atoms with E-state index in [1.54, 1.807) is 4.79 Å². The Bertz CT molecular complexity index is 228. The van der Waals surface area contributed by atoms with Crippen LogP contribution < -0.4 is 5.43 Å². The van der Waals surface area contributed by atoms with Crippen LogP contribution in [0.3, 0.4) is 0 Å². The van der Waals surface area contributed by atoms with Crippen molar-refractivity contribution in [2.24, 2.45) is 0 Å². The number of rotatable bonds is 3. The van der Waals surface area contributed by atoms with E-state index < -0.39 is 0 Å². The van der Waals surface area contributed by atoms with Crippen molar-refractivity contribution in [2.75, 3.05) is 12.0 Å². The predicted molar refractivity (Wildman–Crippen MR) is 44.0 cm³/mol. The number of nitrogens with zero attached hydrogens (tertiary/aromatic N) is 3. The molecule has 1 heterocycles. The fourth-order valence-electron chi connectivity index (χ4n) is 0.772. The fraction of sp³-hybridized carbons (Fsp3) is 0.714. The maximum atomic E-state index is 3.92. The lowest BCUT2D eigenvalue weighted by atomic mass is 10.4. The smallest absolute Gasteiger partial charge is 0.0847 e. The number of hydrogen-bond acceptors (Lipinski definition) is 3. The predicted octanol–water partition coefficient (Wildman–Crippen LogP) is 0.848. The van der Waals surface area contributed by atoms with Crippen LogP contribution in [-0.2, 0) is 0 Å². The topological polar surface area (TPSA) is 42.7 Å². The molecule has 1 N–H and O–H groups in total. The van der Waals surface area contributed by atoms with Gasteiger partial charge in [0, 0.05) is 6.54 Å². The van der Waals surface area contributed by atoms with E-state index >= 15 is 0 Å². The Kier molecular flexibility index (Phi) is 2.46. The third-order valence-electron chi connectivity index (χ3n) is 1.64. The molecule has 1 aromatic rings. The number of aryl methyl sites for hydroxylation is 1. The average Bonchev–Trinajstić information content (AvgIpc) is 2.31. The third kappa shape index (κ3) is 1.69. The molecule has 0 bridgehead atoms. The normalized spacial score (nSPS) is 10.1. The maximum absolute atomic E-state index is 3.92. The summed E-state index contributed by atoms with van der Waals surface area (Å²) in [5.41, 5.74) is 5.19. The molecule has 4 heteroatoms. The molecule has 1 rings (SSSR count). The van der Waals surface area contributed by atoms with Gasteiger partial charge < -0.3 is 5.43 Å². The van der Waals surface area contributed by atoms with E-state index in [-0.39, 0.29) is 0 Å². The monoisotopic (exact) mass is 154 g/mol. The van der Waals surface area contributed by atoms with E-state index in [2.05, 4.69) is 22.7 Å². The Hall–Kier alpha value is -1.06. The lowest BCUT2D eigenvalue weighted by Gasteiger charge is -2.04. The van der Waals surface area contributed by atoms with E-state index in [1.807, 2.05) is 13.8 Å². The highest BCUT2D eigenvalue weighted by atomic mass is 15.6. The molecule has 0 aliphatic heterocycles. The highest BCUT2D eigenvalue weighted by Gasteiger charge is 2.00. The summed E-state index contributed by atoms with van der Waals surface area (Å²) in [7, 11) is 0. The SMILES string of the molecule is CCCNn1nnc(C)c1C. The molecule has 0 aromatic carbocycles. The summed E-state index contributed by atoms with van der Waals surface area (Å²) < 4.78 is 0. The Morgan fingerprint density at radius 2 is 2.18 bits per heavy atom. The lowest BCUT2D eigenvalue weighted by Crippen LogP contribution is -2.18. The quantitative estimate of drug-likeness (QED) is 0.701. The van der Waals surface area contributed by atoms with Gasteiger partial charge >= 0.3 is 0 Å². The molecule has 62 valence electrons. The van der Waals surface area contributed by atoms with Gasteiger partial charge in [0.15, 0.2) is 0 Å². The summed E-state index contributed by atoms with van der Waals surface area (Å²) in [6.45, 7) is 7.00. The molecule has 0 radical (unpaired) electrons. The van der Waals surface area contributed by atoms with Crippen LogP contribution in [0.2, 0.25) is 0 Å². The van der Waals surface area contributed by atoms with E-state index in [4.69, 9.17) is 0 Å². The van der Waals surface area contributed by atoms with E-state index in [1.165, 1.54) is 0 Å². The van der Waals surface area contributed by atoms with Crippen molar-refractivity contribution < 1.29 is 0 Å². The first-order chi connectivity index (χ1) is 5.25. The molecule has 4 nitrogen and oxygen atoms in total. The summed E-state index contributed by atoms with van der Waals surface area (Å²) in [6.07, 6.45) is 1.10. The van der Waals surface area contributed by atoms with Crippen LogP contribution >= 0.6 is 0 Å². The first kappa shape index (κ1) is 8.04. The Labute approximate surface area is 66.6 Å². The molecular weight excluding hydrogens is 140 g/mol. The second-order valence-electron chi connectivity index (χ2n) is 2.58. The van der Waals surface area contributed by atoms with E-state index in [0.717, 1.165) is 24.4 Å². The summed E-state index contributed by atoms with van der Waals surface area (Å²) >= 11 is 0. The van der Waals surface area contributed by atoms with Crippen LogP contribution in [-0.4, -0.2) is 21.6 Å².